The molecule has 66 valence electrons. The van der Waals surface area contributed by atoms with Crippen LogP contribution < -0.4 is 0 Å². The van der Waals surface area contributed by atoms with Crippen molar-refractivity contribution < 1.29 is 5.11 Å². The second-order valence-electron chi connectivity index (χ2n) is 2.48. The van der Waals surface area contributed by atoms with E-state index in [4.69, 9.17) is 0 Å². The smallest absolute Gasteiger partial charge is 0.216 e. The van der Waals surface area contributed by atoms with E-state index in [1.807, 2.05) is 13.8 Å². The second-order valence-corrected chi connectivity index (χ2v) is 3.66. The van der Waals surface area contributed by atoms with Gasteiger partial charge in [0, 0.05) is 10.6 Å². The predicted octanol–water partition coefficient (Wildman–Crippen LogP) is 2.35. The molecule has 0 saturated carbocycles. The quantitative estimate of drug-likeness (QED) is 0.682. The van der Waals surface area contributed by atoms with Gasteiger partial charge < -0.3 is 5.11 Å². The first-order chi connectivity index (χ1) is 5.20. The van der Waals surface area contributed by atoms with Crippen LogP contribution in [0.25, 0.3) is 4.96 Å². The summed E-state index contributed by atoms with van der Waals surface area (Å²) in [6.45, 7) is 3.99. The number of hydrogen-bond acceptors (Lipinski definition) is 3. The summed E-state index contributed by atoms with van der Waals surface area (Å²) >= 11 is 1.59. The number of fused-ring (bicyclic) bond motifs is 1. The van der Waals surface area contributed by atoms with Gasteiger partial charge in [-0.2, -0.15) is 0 Å². The summed E-state index contributed by atoms with van der Waals surface area (Å²) in [5.41, 5.74) is 1.07. The Kier molecular flexibility index (Phi) is 2.10. The Labute approximate surface area is 75.3 Å². The maximum absolute atomic E-state index is 9.31. The van der Waals surface area contributed by atoms with Crippen LogP contribution >= 0.6 is 11.3 Å². The average molecular weight is 184 g/mol. The molecule has 0 unspecified atom stereocenters. The summed E-state index contributed by atoms with van der Waals surface area (Å²) < 4.78 is 1.75. The van der Waals surface area contributed by atoms with Crippen molar-refractivity contribution in [2.24, 2.45) is 0 Å². The van der Waals surface area contributed by atoms with Gasteiger partial charge in [-0.25, -0.2) is 4.98 Å². The zero-order valence-electron chi connectivity index (χ0n) is 6.33. The van der Waals surface area contributed by atoms with E-state index in [2.05, 4.69) is 4.98 Å². The van der Waals surface area contributed by atoms with E-state index >= 15 is 0 Å². The molecule has 4 heteroatoms. The number of imidazole rings is 1. The van der Waals surface area contributed by atoms with E-state index in [9.17, 15) is 5.11 Å². The Hall–Kier alpha value is -1.03. The summed E-state index contributed by atoms with van der Waals surface area (Å²) in [7, 11) is 0. The minimum atomic E-state index is 0. The number of aryl methyl sites for hydroxylation is 2. The molecule has 0 aliphatic rings. The van der Waals surface area contributed by atoms with Gasteiger partial charge in [0.25, 0.3) is 0 Å². The maximum atomic E-state index is 9.31. The van der Waals surface area contributed by atoms with Crippen molar-refractivity contribution in [3.63, 3.8) is 0 Å². The number of aromatic hydroxyl groups is 1. The van der Waals surface area contributed by atoms with E-state index in [-0.39, 0.29) is 13.3 Å². The highest BCUT2D eigenvalue weighted by Gasteiger charge is 2.08. The summed E-state index contributed by atoms with van der Waals surface area (Å²) in [6, 6.07) is 0. The van der Waals surface area contributed by atoms with Crippen molar-refractivity contribution in [1.82, 2.24) is 9.38 Å². The van der Waals surface area contributed by atoms with Gasteiger partial charge in [0.2, 0.25) is 5.88 Å². The Bertz CT molecular complexity index is 402. The molecule has 0 saturated heterocycles. The molecule has 0 aromatic carbocycles. The largest absolute Gasteiger partial charge is 0.493 e. The molecule has 2 aromatic rings. The molecule has 12 heavy (non-hydrogen) atoms. The third-order valence-corrected chi connectivity index (χ3v) is 2.87. The first-order valence-corrected chi connectivity index (χ1v) is 4.14. The summed E-state index contributed by atoms with van der Waals surface area (Å²) in [6.07, 6.45) is 1.47. The lowest BCUT2D eigenvalue weighted by Gasteiger charge is -1.91. The van der Waals surface area contributed by atoms with Gasteiger partial charge in [0.05, 0.1) is 6.20 Å². The minimum absolute atomic E-state index is 0. The van der Waals surface area contributed by atoms with E-state index < -0.39 is 0 Å². The van der Waals surface area contributed by atoms with Crippen LogP contribution in [0.4, 0.5) is 0 Å². The van der Waals surface area contributed by atoms with Crippen LogP contribution in [0.5, 0.6) is 5.88 Å². The van der Waals surface area contributed by atoms with Gasteiger partial charge in [0.15, 0.2) is 4.96 Å². The zero-order valence-corrected chi connectivity index (χ0v) is 7.14. The molecular weight excluding hydrogens is 172 g/mol. The van der Waals surface area contributed by atoms with Crippen molar-refractivity contribution in [3.8, 4) is 5.88 Å². The highest BCUT2D eigenvalue weighted by molar-refractivity contribution is 7.17. The average Bonchev–Trinajstić information content (AvgIpc) is 2.41. The normalized spacial score (nSPS) is 10.2. The molecule has 2 heterocycles. The lowest BCUT2D eigenvalue weighted by atomic mass is 10.4. The fourth-order valence-corrected chi connectivity index (χ4v) is 2.02. The van der Waals surface area contributed by atoms with Crippen LogP contribution in [0.15, 0.2) is 6.20 Å². The van der Waals surface area contributed by atoms with Crippen molar-refractivity contribution in [3.05, 3.63) is 16.8 Å². The van der Waals surface area contributed by atoms with E-state index in [0.717, 1.165) is 10.7 Å². The number of nitrogens with zero attached hydrogens (tertiary/aromatic N) is 2. The first kappa shape index (κ1) is 9.06. The molecule has 0 fully saturated rings. The molecule has 0 amide bonds. The zero-order chi connectivity index (χ0) is 8.01. The van der Waals surface area contributed by atoms with E-state index in [1.165, 1.54) is 11.1 Å². The minimum Gasteiger partial charge on any atom is -0.493 e. The van der Waals surface area contributed by atoms with Gasteiger partial charge >= 0.3 is 0 Å². The summed E-state index contributed by atoms with van der Waals surface area (Å²) in [5, 5.41) is 9.31. The summed E-state index contributed by atoms with van der Waals surface area (Å²) in [4.78, 5) is 6.09. The highest BCUT2D eigenvalue weighted by Crippen LogP contribution is 2.25. The number of hydrogen-bond donors (Lipinski definition) is 1. The van der Waals surface area contributed by atoms with E-state index in [1.54, 1.807) is 15.7 Å². The van der Waals surface area contributed by atoms with Crippen LogP contribution in [-0.4, -0.2) is 14.5 Å². The lowest BCUT2D eigenvalue weighted by molar-refractivity contribution is 0.447. The van der Waals surface area contributed by atoms with Crippen LogP contribution in [0, 0.1) is 13.8 Å². The van der Waals surface area contributed by atoms with Crippen LogP contribution in [-0.2, 0) is 0 Å². The Balaban J connectivity index is 0.000000720. The molecule has 2 rings (SSSR count). The molecule has 0 aliphatic heterocycles. The van der Waals surface area contributed by atoms with Gasteiger partial charge in [-0.1, -0.05) is 7.43 Å². The van der Waals surface area contributed by atoms with Crippen molar-refractivity contribution in [2.45, 2.75) is 21.3 Å². The molecule has 0 spiro atoms. The van der Waals surface area contributed by atoms with Crippen molar-refractivity contribution >= 4 is 16.3 Å². The third-order valence-electron chi connectivity index (χ3n) is 1.80. The molecular formula is C8H12N2OS. The SMILES string of the molecule is C.Cc1sc2ncc(O)n2c1C. The maximum Gasteiger partial charge on any atom is 0.216 e. The topological polar surface area (TPSA) is 37.5 Å². The van der Waals surface area contributed by atoms with Crippen LogP contribution in [0.2, 0.25) is 0 Å². The number of aromatic nitrogens is 2. The first-order valence-electron chi connectivity index (χ1n) is 3.32. The monoisotopic (exact) mass is 184 g/mol. The molecule has 3 nitrogen and oxygen atoms in total. The van der Waals surface area contributed by atoms with Crippen molar-refractivity contribution in [2.75, 3.05) is 0 Å². The van der Waals surface area contributed by atoms with Crippen LogP contribution in [0.1, 0.15) is 18.0 Å². The summed E-state index contributed by atoms with van der Waals surface area (Å²) in [5.74, 6) is 0.224. The Morgan fingerprint density at radius 2 is 2.17 bits per heavy atom. The standard InChI is InChI=1S/C7H8N2OS.CH4/c1-4-5(2)11-7-8-3-6(10)9(4)7;/h3,10H,1-2H3;1H4. The predicted molar refractivity (Wildman–Crippen MR) is 50.9 cm³/mol. The molecule has 1 N–H and O–H groups in total. The Morgan fingerprint density at radius 3 is 2.75 bits per heavy atom. The molecule has 0 aliphatic carbocycles. The van der Waals surface area contributed by atoms with Gasteiger partial charge in [-0.15, -0.1) is 11.3 Å². The lowest BCUT2D eigenvalue weighted by Crippen LogP contribution is -1.82. The fourth-order valence-electron chi connectivity index (χ4n) is 1.08. The third kappa shape index (κ3) is 0.992. The second kappa shape index (κ2) is 2.79. The fraction of sp³-hybridized carbons (Fsp3) is 0.375. The number of rotatable bonds is 0. The molecule has 0 radical (unpaired) electrons. The Morgan fingerprint density at radius 1 is 1.50 bits per heavy atom. The van der Waals surface area contributed by atoms with Crippen molar-refractivity contribution in [1.29, 1.82) is 0 Å². The number of thiazole rings is 1. The highest BCUT2D eigenvalue weighted by atomic mass is 32.1. The molecule has 0 bridgehead atoms. The van der Waals surface area contributed by atoms with Gasteiger partial charge in [0.1, 0.15) is 0 Å². The van der Waals surface area contributed by atoms with E-state index in [0.29, 0.717) is 0 Å². The molecule has 2 aromatic heterocycles. The van der Waals surface area contributed by atoms with Crippen LogP contribution in [0.3, 0.4) is 0 Å². The molecule has 0 atom stereocenters. The van der Waals surface area contributed by atoms with Gasteiger partial charge in [-0.3, -0.25) is 4.40 Å². The van der Waals surface area contributed by atoms with Gasteiger partial charge in [-0.05, 0) is 13.8 Å².